The number of rotatable bonds is 7. The van der Waals surface area contributed by atoms with Gasteiger partial charge in [0.05, 0.1) is 5.56 Å². The number of fused-ring (bicyclic) bond motifs is 1. The van der Waals surface area contributed by atoms with Crippen LogP contribution < -0.4 is 4.74 Å². The van der Waals surface area contributed by atoms with E-state index in [1.165, 1.54) is 24.3 Å². The van der Waals surface area contributed by atoms with E-state index in [1.807, 2.05) is 0 Å². The Morgan fingerprint density at radius 1 is 1.31 bits per heavy atom. The number of hydroxylamine groups is 2. The first-order valence-electron chi connectivity index (χ1n) is 7.23. The maximum absolute atomic E-state index is 12.5. The summed E-state index contributed by atoms with van der Waals surface area (Å²) in [7, 11) is 1.05. The lowest BCUT2D eigenvalue weighted by molar-refractivity contribution is -0.0586. The van der Waals surface area contributed by atoms with Gasteiger partial charge in [-0.25, -0.2) is 5.06 Å². The fourth-order valence-corrected chi connectivity index (χ4v) is 2.52. The normalized spacial score (nSPS) is 11.2. The number of carbonyl (C=O) groups excluding carboxylic acids is 2. The molecule has 0 aliphatic carbocycles. The van der Waals surface area contributed by atoms with Gasteiger partial charge in [0.15, 0.2) is 6.29 Å². The third-order valence-electron chi connectivity index (χ3n) is 3.28. The lowest BCUT2D eigenvalue weighted by atomic mass is 9.98. The molecule has 0 aromatic heterocycles. The van der Waals surface area contributed by atoms with Crippen molar-refractivity contribution in [1.29, 1.82) is 0 Å². The van der Waals surface area contributed by atoms with Crippen molar-refractivity contribution in [2.45, 2.75) is 5.51 Å². The zero-order valence-corrected chi connectivity index (χ0v) is 14.4. The van der Waals surface area contributed by atoms with E-state index in [0.29, 0.717) is 22.5 Å². The monoisotopic (exact) mass is 385 g/mol. The average Bonchev–Trinajstić information content (AvgIpc) is 2.62. The molecule has 0 saturated carbocycles. The Morgan fingerprint density at radius 3 is 2.65 bits per heavy atom. The van der Waals surface area contributed by atoms with Crippen molar-refractivity contribution in [3.63, 3.8) is 0 Å². The van der Waals surface area contributed by atoms with Crippen LogP contribution in [-0.2, 0) is 4.28 Å². The number of alkyl halides is 3. The van der Waals surface area contributed by atoms with E-state index in [9.17, 15) is 22.8 Å². The highest BCUT2D eigenvalue weighted by Gasteiger charge is 2.32. The number of aldehydes is 1. The molecule has 0 atom stereocenters. The van der Waals surface area contributed by atoms with Crippen molar-refractivity contribution >= 4 is 35.0 Å². The van der Waals surface area contributed by atoms with E-state index >= 15 is 0 Å². The molecule has 2 aromatic rings. The molecule has 0 unspecified atom stereocenters. The molecule has 0 aliphatic rings. The van der Waals surface area contributed by atoms with Crippen LogP contribution in [0.15, 0.2) is 43.0 Å². The molecule has 1 amide bonds. The van der Waals surface area contributed by atoms with Gasteiger partial charge in [0, 0.05) is 23.4 Å². The van der Waals surface area contributed by atoms with Crippen LogP contribution in [-0.4, -0.2) is 36.4 Å². The van der Waals surface area contributed by atoms with Crippen molar-refractivity contribution in [3.05, 3.63) is 54.1 Å². The summed E-state index contributed by atoms with van der Waals surface area (Å²) < 4.78 is 46.7. The molecule has 0 saturated heterocycles. The number of hydrogen-bond donors (Lipinski definition) is 0. The van der Waals surface area contributed by atoms with Crippen LogP contribution in [0.25, 0.3) is 10.8 Å². The molecule has 138 valence electrons. The molecule has 0 radical (unpaired) electrons. The van der Waals surface area contributed by atoms with Crippen LogP contribution in [0.4, 0.5) is 13.2 Å². The molecule has 0 heterocycles. The molecule has 5 nitrogen and oxygen atoms in total. The first-order valence-corrected chi connectivity index (χ1v) is 7.98. The molecule has 0 bridgehead atoms. The van der Waals surface area contributed by atoms with E-state index < -0.39 is 23.5 Å². The summed E-state index contributed by atoms with van der Waals surface area (Å²) in [6, 6.07) is 7.62. The summed E-state index contributed by atoms with van der Waals surface area (Å²) in [6.07, 6.45) is 2.09. The molecule has 0 N–H and O–H groups in total. The second-order valence-corrected chi connectivity index (χ2v) is 5.78. The third kappa shape index (κ3) is 4.55. The number of halogens is 3. The number of benzene rings is 2. The second kappa shape index (κ2) is 8.24. The Hall–Kier alpha value is -2.52. The van der Waals surface area contributed by atoms with Crippen LogP contribution in [0.3, 0.4) is 0 Å². The molecule has 26 heavy (non-hydrogen) atoms. The maximum atomic E-state index is 12.5. The van der Waals surface area contributed by atoms with Crippen molar-refractivity contribution in [3.8, 4) is 5.75 Å². The average molecular weight is 385 g/mol. The van der Waals surface area contributed by atoms with E-state index in [-0.39, 0.29) is 23.1 Å². The number of carbonyl (C=O) groups is 2. The summed E-state index contributed by atoms with van der Waals surface area (Å²) in [4.78, 5) is 23.9. The summed E-state index contributed by atoms with van der Waals surface area (Å²) >= 11 is -0.806. The minimum absolute atomic E-state index is 0.0129. The third-order valence-corrected chi connectivity index (χ3v) is 3.76. The van der Waals surface area contributed by atoms with Gasteiger partial charge in [-0.15, -0.1) is 0 Å². The highest BCUT2D eigenvalue weighted by atomic mass is 32.2. The second-order valence-electron chi connectivity index (χ2n) is 5.00. The van der Waals surface area contributed by atoms with Gasteiger partial charge in [-0.1, -0.05) is 24.8 Å². The zero-order valence-electron chi connectivity index (χ0n) is 13.6. The van der Waals surface area contributed by atoms with Crippen molar-refractivity contribution in [2.75, 3.05) is 13.7 Å². The lowest BCUT2D eigenvalue weighted by Crippen LogP contribution is -2.26. The van der Waals surface area contributed by atoms with Crippen LogP contribution in [0, 0.1) is 0 Å². The minimum atomic E-state index is -4.66. The molecule has 9 heteroatoms. The van der Waals surface area contributed by atoms with Crippen LogP contribution in [0.1, 0.15) is 20.7 Å². The Balaban J connectivity index is 2.48. The van der Waals surface area contributed by atoms with Gasteiger partial charge >= 0.3 is 5.51 Å². The van der Waals surface area contributed by atoms with Crippen LogP contribution >= 0.6 is 12.0 Å². The molecule has 2 aromatic carbocycles. The van der Waals surface area contributed by atoms with Crippen molar-refractivity contribution in [2.24, 2.45) is 0 Å². The Morgan fingerprint density at radius 2 is 2.04 bits per heavy atom. The van der Waals surface area contributed by atoms with Crippen LogP contribution in [0.2, 0.25) is 0 Å². The predicted octanol–water partition coefficient (Wildman–Crippen LogP) is 4.39. The Bertz CT molecular complexity index is 839. The number of hydrogen-bond acceptors (Lipinski definition) is 5. The van der Waals surface area contributed by atoms with Crippen molar-refractivity contribution in [1.82, 2.24) is 5.06 Å². The summed E-state index contributed by atoms with van der Waals surface area (Å²) in [5, 5.41) is 1.19. The first kappa shape index (κ1) is 19.8. The predicted molar refractivity (Wildman–Crippen MR) is 91.9 cm³/mol. The molecule has 0 aliphatic heterocycles. The summed E-state index contributed by atoms with van der Waals surface area (Å²) in [6.45, 7) is 3.75. The molecule has 0 spiro atoms. The van der Waals surface area contributed by atoms with E-state index in [4.69, 9.17) is 4.74 Å². The maximum Gasteiger partial charge on any atom is 0.470 e. The highest BCUT2D eigenvalue weighted by molar-refractivity contribution is 7.95. The number of ether oxygens (including phenoxy) is 1. The highest BCUT2D eigenvalue weighted by Crippen LogP contribution is 2.34. The van der Waals surface area contributed by atoms with Gasteiger partial charge in [0.1, 0.15) is 24.4 Å². The minimum Gasteiger partial charge on any atom is -0.489 e. The summed E-state index contributed by atoms with van der Waals surface area (Å²) in [5.74, 6) is -0.426. The van der Waals surface area contributed by atoms with Gasteiger partial charge in [0.2, 0.25) is 0 Å². The van der Waals surface area contributed by atoms with Gasteiger partial charge in [0.25, 0.3) is 5.91 Å². The quantitative estimate of drug-likeness (QED) is 0.306. The number of nitrogens with zero attached hydrogens (tertiary/aromatic N) is 1. The Labute approximate surface area is 151 Å². The fraction of sp³-hybridized carbons (Fsp3) is 0.176. The molecule has 2 rings (SSSR count). The number of amides is 1. The van der Waals surface area contributed by atoms with Crippen LogP contribution in [0.5, 0.6) is 5.75 Å². The van der Waals surface area contributed by atoms with Gasteiger partial charge in [-0.05, 0) is 18.2 Å². The van der Waals surface area contributed by atoms with E-state index in [1.54, 1.807) is 12.1 Å². The molecular formula is C17H14F3NO4S. The molecule has 0 fully saturated rings. The van der Waals surface area contributed by atoms with Gasteiger partial charge < -0.3 is 4.74 Å². The standard InChI is InChI=1S/C17H14F3NO4S/c1-3-9-24-14-8-7-11(10-22)15-12(14)5-4-6-13(15)16(23)21(2)25-26-17(18,19)20/h3-8,10H,1,9H2,2H3. The Kier molecular flexibility index (Phi) is 6.27. The first-order chi connectivity index (χ1) is 12.3. The van der Waals surface area contributed by atoms with Gasteiger partial charge in [-0.3, -0.25) is 9.59 Å². The SMILES string of the molecule is C=CCOc1ccc(C=O)c2c(C(=O)N(C)OSC(F)(F)F)cccc12. The summed E-state index contributed by atoms with van der Waals surface area (Å²) in [5.41, 5.74) is -4.45. The van der Waals surface area contributed by atoms with Crippen molar-refractivity contribution < 1.29 is 31.8 Å². The van der Waals surface area contributed by atoms with E-state index in [2.05, 4.69) is 10.9 Å². The zero-order chi connectivity index (χ0) is 19.3. The fourth-order valence-electron chi connectivity index (χ4n) is 2.26. The lowest BCUT2D eigenvalue weighted by Gasteiger charge is -2.18. The smallest absolute Gasteiger partial charge is 0.470 e. The van der Waals surface area contributed by atoms with E-state index in [0.717, 1.165) is 7.05 Å². The molecular weight excluding hydrogens is 371 g/mol. The van der Waals surface area contributed by atoms with Gasteiger partial charge in [-0.2, -0.15) is 17.5 Å². The largest absolute Gasteiger partial charge is 0.489 e. The topological polar surface area (TPSA) is 55.8 Å².